The highest BCUT2D eigenvalue weighted by Crippen LogP contribution is 2.38. The molecule has 1 fully saturated rings. The zero-order chi connectivity index (χ0) is 26.5. The van der Waals surface area contributed by atoms with Crippen molar-refractivity contribution in [1.82, 2.24) is 20.2 Å². The van der Waals surface area contributed by atoms with Crippen molar-refractivity contribution in [2.24, 2.45) is 0 Å². The number of carbonyl (C=O) groups is 3. The molecule has 1 saturated heterocycles. The largest absolute Gasteiger partial charge is 0.340 e. The summed E-state index contributed by atoms with van der Waals surface area (Å²) in [5.41, 5.74) is 8.06. The van der Waals surface area contributed by atoms with Crippen LogP contribution in [-0.2, 0) is 22.6 Å². The van der Waals surface area contributed by atoms with Crippen molar-refractivity contribution in [1.29, 1.82) is 0 Å². The number of hydrogen-bond acceptors (Lipinski definition) is 7. The van der Waals surface area contributed by atoms with Crippen molar-refractivity contribution in [3.8, 4) is 11.1 Å². The topological polar surface area (TPSA) is 116 Å². The van der Waals surface area contributed by atoms with Crippen molar-refractivity contribution in [2.45, 2.75) is 31.8 Å². The van der Waals surface area contributed by atoms with Crippen LogP contribution in [0.2, 0.25) is 0 Å². The summed E-state index contributed by atoms with van der Waals surface area (Å²) in [6.07, 6.45) is 3.15. The predicted molar refractivity (Wildman–Crippen MR) is 146 cm³/mol. The summed E-state index contributed by atoms with van der Waals surface area (Å²) in [4.78, 5) is 47.7. The van der Waals surface area contributed by atoms with Gasteiger partial charge in [0, 0.05) is 41.7 Å². The number of hydrogen-bond donors (Lipinski definition) is 3. The number of carbonyl (C=O) groups excluding carboxylic acids is 3. The van der Waals surface area contributed by atoms with Crippen LogP contribution in [0, 0.1) is 0 Å². The fourth-order valence-corrected chi connectivity index (χ4v) is 5.66. The van der Waals surface area contributed by atoms with E-state index in [1.54, 1.807) is 24.4 Å². The number of fused-ring (bicyclic) bond motifs is 4. The van der Waals surface area contributed by atoms with Crippen LogP contribution in [0.1, 0.15) is 39.9 Å². The van der Waals surface area contributed by atoms with Gasteiger partial charge in [0.1, 0.15) is 11.9 Å². The van der Waals surface area contributed by atoms with E-state index in [1.165, 1.54) is 27.2 Å². The van der Waals surface area contributed by atoms with Gasteiger partial charge < -0.3 is 15.5 Å². The maximum atomic E-state index is 13.1. The smallest absolute Gasteiger partial charge is 0.255 e. The zero-order valence-electron chi connectivity index (χ0n) is 20.9. The highest BCUT2D eigenvalue weighted by Gasteiger charge is 2.39. The number of piperidine rings is 1. The molecule has 3 aromatic carbocycles. The molecule has 192 valence electrons. The van der Waals surface area contributed by atoms with E-state index in [-0.39, 0.29) is 24.8 Å². The van der Waals surface area contributed by atoms with Gasteiger partial charge in [0.15, 0.2) is 0 Å². The zero-order valence-corrected chi connectivity index (χ0v) is 20.9. The lowest BCUT2D eigenvalue weighted by atomic mass is 10.0. The Morgan fingerprint density at radius 2 is 1.72 bits per heavy atom. The molecule has 9 nitrogen and oxygen atoms in total. The van der Waals surface area contributed by atoms with E-state index in [1.807, 2.05) is 12.1 Å². The van der Waals surface area contributed by atoms with Gasteiger partial charge in [-0.1, -0.05) is 36.4 Å². The van der Waals surface area contributed by atoms with E-state index < -0.39 is 11.9 Å². The van der Waals surface area contributed by atoms with Crippen LogP contribution in [0.5, 0.6) is 0 Å². The number of aromatic nitrogens is 2. The monoisotopic (exact) mass is 516 g/mol. The Kier molecular flexibility index (Phi) is 5.36. The lowest BCUT2D eigenvalue weighted by molar-refractivity contribution is -0.136. The average molecular weight is 517 g/mol. The van der Waals surface area contributed by atoms with E-state index >= 15 is 0 Å². The van der Waals surface area contributed by atoms with Crippen LogP contribution in [0.3, 0.4) is 0 Å². The van der Waals surface area contributed by atoms with Crippen LogP contribution in [0.4, 0.5) is 23.1 Å². The first-order valence-corrected chi connectivity index (χ1v) is 12.9. The van der Waals surface area contributed by atoms with Crippen molar-refractivity contribution in [3.63, 3.8) is 0 Å². The van der Waals surface area contributed by atoms with Gasteiger partial charge in [0.2, 0.25) is 17.8 Å². The van der Waals surface area contributed by atoms with Crippen molar-refractivity contribution in [2.75, 3.05) is 10.6 Å². The number of amides is 3. The third kappa shape index (κ3) is 4.08. The standard InChI is InChI=1S/C30H24N6O3/c37-27-11-10-25(28(38)35-27)36-16-23-21(29(36)39)6-3-7-24(23)33-26-12-13-31-30(34-26)32-19-9-8-18-14-17-4-1-2-5-20(17)22(18)15-19/h1-9,12-13,15,25H,10-11,14,16H2,(H,35,37,38)(H2,31,32,33,34). The molecule has 0 bridgehead atoms. The van der Waals surface area contributed by atoms with Gasteiger partial charge in [0.25, 0.3) is 5.91 Å². The van der Waals surface area contributed by atoms with Crippen LogP contribution < -0.4 is 16.0 Å². The first kappa shape index (κ1) is 23.1. The molecule has 7 rings (SSSR count). The van der Waals surface area contributed by atoms with Gasteiger partial charge in [0.05, 0.1) is 0 Å². The van der Waals surface area contributed by atoms with Gasteiger partial charge in [-0.15, -0.1) is 0 Å². The second-order valence-electron chi connectivity index (χ2n) is 9.95. The lowest BCUT2D eigenvalue weighted by Crippen LogP contribution is -2.52. The molecule has 1 unspecified atom stereocenters. The first-order valence-electron chi connectivity index (χ1n) is 12.9. The lowest BCUT2D eigenvalue weighted by Gasteiger charge is -2.29. The highest BCUT2D eigenvalue weighted by molar-refractivity contribution is 6.06. The van der Waals surface area contributed by atoms with Crippen molar-refractivity contribution < 1.29 is 14.4 Å². The number of imide groups is 1. The van der Waals surface area contributed by atoms with Crippen molar-refractivity contribution in [3.05, 3.63) is 95.2 Å². The quantitative estimate of drug-likeness (QED) is 0.298. The summed E-state index contributed by atoms with van der Waals surface area (Å²) in [6, 6.07) is 21.3. The van der Waals surface area contributed by atoms with Gasteiger partial charge in [-0.05, 0) is 65.4 Å². The molecular formula is C30H24N6O3. The molecule has 0 saturated carbocycles. The second-order valence-corrected chi connectivity index (χ2v) is 9.95. The number of anilines is 4. The molecule has 3 heterocycles. The Hall–Kier alpha value is -5.05. The number of nitrogens with zero attached hydrogens (tertiary/aromatic N) is 3. The summed E-state index contributed by atoms with van der Waals surface area (Å²) >= 11 is 0. The highest BCUT2D eigenvalue weighted by atomic mass is 16.2. The van der Waals surface area contributed by atoms with Crippen molar-refractivity contribution >= 4 is 40.9 Å². The fourth-order valence-electron chi connectivity index (χ4n) is 5.66. The summed E-state index contributed by atoms with van der Waals surface area (Å²) in [5.74, 6) is 0.0647. The Labute approximate surface area is 224 Å². The van der Waals surface area contributed by atoms with E-state index in [4.69, 9.17) is 0 Å². The fraction of sp³-hybridized carbons (Fsp3) is 0.167. The maximum Gasteiger partial charge on any atom is 0.255 e. The molecular weight excluding hydrogens is 492 g/mol. The van der Waals surface area contributed by atoms with Crippen LogP contribution in [0.25, 0.3) is 11.1 Å². The minimum atomic E-state index is -0.662. The molecule has 3 N–H and O–H groups in total. The Morgan fingerprint density at radius 1 is 0.872 bits per heavy atom. The van der Waals surface area contributed by atoms with E-state index in [0.717, 1.165) is 23.4 Å². The Bertz CT molecular complexity index is 1680. The Balaban J connectivity index is 1.11. The molecule has 0 spiro atoms. The maximum absolute atomic E-state index is 13.1. The molecule has 1 aliphatic carbocycles. The molecule has 1 atom stereocenters. The predicted octanol–water partition coefficient (Wildman–Crippen LogP) is 4.30. The summed E-state index contributed by atoms with van der Waals surface area (Å²) in [5, 5.41) is 8.98. The summed E-state index contributed by atoms with van der Waals surface area (Å²) in [7, 11) is 0. The first-order chi connectivity index (χ1) is 19.0. The third-order valence-electron chi connectivity index (χ3n) is 7.55. The number of nitrogens with one attached hydrogen (secondary N) is 3. The number of rotatable bonds is 5. The Morgan fingerprint density at radius 3 is 2.62 bits per heavy atom. The molecule has 9 heteroatoms. The van der Waals surface area contributed by atoms with Gasteiger partial charge in [-0.3, -0.25) is 19.7 Å². The second kappa shape index (κ2) is 9.05. The third-order valence-corrected chi connectivity index (χ3v) is 7.55. The van der Waals surface area contributed by atoms with Crippen LogP contribution in [0.15, 0.2) is 72.9 Å². The molecule has 39 heavy (non-hydrogen) atoms. The van der Waals surface area contributed by atoms with Crippen LogP contribution in [-0.4, -0.2) is 38.6 Å². The molecule has 4 aromatic rings. The van der Waals surface area contributed by atoms with E-state index in [9.17, 15) is 14.4 Å². The van der Waals surface area contributed by atoms with Gasteiger partial charge >= 0.3 is 0 Å². The summed E-state index contributed by atoms with van der Waals surface area (Å²) < 4.78 is 0. The minimum Gasteiger partial charge on any atom is -0.340 e. The van der Waals surface area contributed by atoms with Crippen LogP contribution >= 0.6 is 0 Å². The molecule has 1 aromatic heterocycles. The van der Waals surface area contributed by atoms with E-state index in [0.29, 0.717) is 23.8 Å². The molecule has 2 aliphatic heterocycles. The SMILES string of the molecule is O=C1CCC(N2Cc3c(Nc4ccnc(Nc5ccc6c(c5)-c5ccccc5C6)n4)cccc3C2=O)C(=O)N1. The molecule has 3 amide bonds. The molecule has 0 radical (unpaired) electrons. The summed E-state index contributed by atoms with van der Waals surface area (Å²) in [6.45, 7) is 0.274. The molecule has 3 aliphatic rings. The number of benzene rings is 3. The van der Waals surface area contributed by atoms with E-state index in [2.05, 4.69) is 62.3 Å². The van der Waals surface area contributed by atoms with Gasteiger partial charge in [-0.25, -0.2) is 4.98 Å². The normalized spacial score (nSPS) is 17.4. The van der Waals surface area contributed by atoms with Gasteiger partial charge in [-0.2, -0.15) is 4.98 Å². The minimum absolute atomic E-state index is 0.216. The average Bonchev–Trinajstić information content (AvgIpc) is 3.47.